The van der Waals surface area contributed by atoms with E-state index in [1.807, 2.05) is 0 Å². The SMILES string of the molecule is Cc1cc2c3c(c1)N(c1cccc4oc5ccccc5c14)c1ccc(C(C)(C)C)cc1B3c1oc3cc4c(cc3c1N2c1ccc2c(c1)C(C)C(C)CCC2(C)C)C(C)(C)CCC4(C)C. The third-order valence-electron chi connectivity index (χ3n) is 16.9. The lowest BCUT2D eigenvalue weighted by Crippen LogP contribution is -2.61. The smallest absolute Gasteiger partial charge is 0.297 e. The van der Waals surface area contributed by atoms with Crippen molar-refractivity contribution >= 4 is 90.3 Å². The van der Waals surface area contributed by atoms with E-state index >= 15 is 0 Å². The Balaban J connectivity index is 1.22. The fraction of sp³-hybridized carbons (Fsp3) is 0.367. The predicted octanol–water partition coefficient (Wildman–Crippen LogP) is 15.2. The number of hydrogen-bond donors (Lipinski definition) is 0. The minimum atomic E-state index is -0.134. The van der Waals surface area contributed by atoms with Crippen molar-refractivity contribution in [1.82, 2.24) is 0 Å². The molecule has 0 amide bonds. The van der Waals surface area contributed by atoms with E-state index in [1.165, 1.54) is 91.0 Å². The molecule has 5 heteroatoms. The molecule has 2 aliphatic carbocycles. The lowest BCUT2D eigenvalue weighted by atomic mass is 9.35. The van der Waals surface area contributed by atoms with Gasteiger partial charge in [0.25, 0.3) is 6.71 Å². The third kappa shape index (κ3) is 5.82. The van der Waals surface area contributed by atoms with Crippen molar-refractivity contribution in [3.8, 4) is 0 Å². The lowest BCUT2D eigenvalue weighted by molar-refractivity contribution is 0.332. The van der Waals surface area contributed by atoms with Crippen molar-refractivity contribution in [1.29, 1.82) is 0 Å². The van der Waals surface area contributed by atoms with Gasteiger partial charge in [-0.2, -0.15) is 0 Å². The summed E-state index contributed by atoms with van der Waals surface area (Å²) in [6, 6.07) is 39.7. The van der Waals surface area contributed by atoms with Crippen molar-refractivity contribution < 1.29 is 8.83 Å². The van der Waals surface area contributed by atoms with Crippen LogP contribution < -0.4 is 26.4 Å². The van der Waals surface area contributed by atoms with Gasteiger partial charge in [-0.15, -0.1) is 0 Å². The van der Waals surface area contributed by atoms with Gasteiger partial charge in [-0.3, -0.25) is 0 Å². The Labute approximate surface area is 386 Å². The molecule has 0 radical (unpaired) electrons. The predicted molar refractivity (Wildman–Crippen MR) is 276 cm³/mol. The van der Waals surface area contributed by atoms with Crippen LogP contribution in [0, 0.1) is 12.8 Å². The molecule has 0 bridgehead atoms. The maximum atomic E-state index is 7.62. The van der Waals surface area contributed by atoms with Gasteiger partial charge in [0.2, 0.25) is 0 Å². The molecule has 2 atom stereocenters. The first-order valence-corrected chi connectivity index (χ1v) is 24.4. The van der Waals surface area contributed by atoms with Gasteiger partial charge >= 0.3 is 0 Å². The Kier molecular flexibility index (Phi) is 8.45. The zero-order chi connectivity index (χ0) is 45.3. The van der Waals surface area contributed by atoms with Crippen LogP contribution in [0.2, 0.25) is 0 Å². The van der Waals surface area contributed by atoms with Crippen molar-refractivity contribution in [2.45, 2.75) is 136 Å². The molecule has 2 unspecified atom stereocenters. The van der Waals surface area contributed by atoms with Gasteiger partial charge in [0, 0.05) is 33.5 Å². The highest BCUT2D eigenvalue weighted by atomic mass is 16.3. The largest absolute Gasteiger partial charge is 0.468 e. The van der Waals surface area contributed by atoms with Gasteiger partial charge in [0.1, 0.15) is 16.7 Å². The molecule has 328 valence electrons. The molecule has 4 nitrogen and oxygen atoms in total. The van der Waals surface area contributed by atoms with Crippen LogP contribution in [0.3, 0.4) is 0 Å². The average Bonchev–Trinajstić information content (AvgIpc) is 3.82. The van der Waals surface area contributed by atoms with Crippen LogP contribution in [0.25, 0.3) is 32.9 Å². The summed E-state index contributed by atoms with van der Waals surface area (Å²) < 4.78 is 14.2. The molecule has 6 aromatic carbocycles. The van der Waals surface area contributed by atoms with E-state index in [-0.39, 0.29) is 28.4 Å². The fourth-order valence-corrected chi connectivity index (χ4v) is 12.6. The lowest BCUT2D eigenvalue weighted by Gasteiger charge is -2.43. The number of fused-ring (bicyclic) bond motifs is 11. The first kappa shape index (κ1) is 40.8. The minimum Gasteiger partial charge on any atom is -0.468 e. The normalized spacial score (nSPS) is 20.3. The standard InChI is InChI=1S/C60H63BN2O2/c1-34-28-48-54-49(29-34)63(47-17-15-19-51-53(47)39-16-13-14-18-50(39)64-51)46-23-20-37(57(4,5)6)30-45(46)61(54)56-55(41-32-43-44(33-52(41)65-56)60(11,12)27-26-59(43,9)10)62(48)38-21-22-42-40(31-38)36(3)35(2)24-25-58(42,7)8/h13-23,28-33,35-36H,24-27H2,1-12H3. The number of para-hydroxylation sites is 1. The van der Waals surface area contributed by atoms with Crippen molar-refractivity contribution in [3.63, 3.8) is 0 Å². The van der Waals surface area contributed by atoms with Crippen molar-refractivity contribution in [3.05, 3.63) is 137 Å². The number of hydrogen-bond acceptors (Lipinski definition) is 4. The van der Waals surface area contributed by atoms with E-state index in [1.54, 1.807) is 0 Å². The molecular weight excluding hydrogens is 791 g/mol. The third-order valence-corrected chi connectivity index (χ3v) is 16.9. The zero-order valence-corrected chi connectivity index (χ0v) is 40.6. The molecule has 2 aromatic heterocycles. The Morgan fingerprint density at radius 2 is 1.29 bits per heavy atom. The maximum Gasteiger partial charge on any atom is 0.297 e. The highest BCUT2D eigenvalue weighted by Crippen LogP contribution is 2.54. The van der Waals surface area contributed by atoms with Crippen LogP contribution in [-0.2, 0) is 21.7 Å². The molecule has 0 spiro atoms. The molecular formula is C60H63BN2O2. The summed E-state index contributed by atoms with van der Waals surface area (Å²) in [5.41, 5.74) is 22.0. The van der Waals surface area contributed by atoms with Gasteiger partial charge < -0.3 is 18.6 Å². The summed E-state index contributed by atoms with van der Waals surface area (Å²) in [7, 11) is 0. The highest BCUT2D eigenvalue weighted by Gasteiger charge is 2.49. The van der Waals surface area contributed by atoms with Crippen LogP contribution in [0.4, 0.5) is 34.1 Å². The summed E-state index contributed by atoms with van der Waals surface area (Å²) in [6.45, 7) is 28.7. The molecule has 4 aliphatic rings. The fourth-order valence-electron chi connectivity index (χ4n) is 12.6. The van der Waals surface area contributed by atoms with Crippen LogP contribution in [0.1, 0.15) is 141 Å². The van der Waals surface area contributed by atoms with Crippen molar-refractivity contribution in [2.75, 3.05) is 9.80 Å². The minimum absolute atomic E-state index is 0.0450. The average molecular weight is 855 g/mol. The Hall–Kier alpha value is -5.68. The first-order valence-electron chi connectivity index (χ1n) is 24.4. The van der Waals surface area contributed by atoms with E-state index in [0.29, 0.717) is 11.8 Å². The number of nitrogens with zero attached hydrogens (tertiary/aromatic N) is 2. The zero-order valence-electron chi connectivity index (χ0n) is 40.6. The summed E-state index contributed by atoms with van der Waals surface area (Å²) >= 11 is 0. The highest BCUT2D eigenvalue weighted by molar-refractivity contribution is 7.00. The van der Waals surface area contributed by atoms with E-state index in [2.05, 4.69) is 196 Å². The van der Waals surface area contributed by atoms with E-state index in [4.69, 9.17) is 8.83 Å². The second kappa shape index (κ2) is 13.5. The first-order chi connectivity index (χ1) is 30.8. The summed E-state index contributed by atoms with van der Waals surface area (Å²) in [5, 5.41) is 3.47. The number of anilines is 6. The molecule has 65 heavy (non-hydrogen) atoms. The van der Waals surface area contributed by atoms with Crippen LogP contribution in [0.15, 0.2) is 112 Å². The number of rotatable bonds is 2. The molecule has 4 heterocycles. The summed E-state index contributed by atoms with van der Waals surface area (Å²) in [4.78, 5) is 5.17. The second-order valence-electron chi connectivity index (χ2n) is 23.5. The monoisotopic (exact) mass is 854 g/mol. The maximum absolute atomic E-state index is 7.62. The van der Waals surface area contributed by atoms with E-state index in [0.717, 1.165) is 51.7 Å². The molecule has 12 rings (SSSR count). The van der Waals surface area contributed by atoms with Crippen LogP contribution in [-0.4, -0.2) is 6.71 Å². The molecule has 0 saturated heterocycles. The number of furan rings is 2. The second-order valence-corrected chi connectivity index (χ2v) is 23.5. The molecule has 0 saturated carbocycles. The topological polar surface area (TPSA) is 32.8 Å². The Bertz CT molecular complexity index is 3320. The van der Waals surface area contributed by atoms with Gasteiger partial charge in [-0.05, 0) is 171 Å². The quantitative estimate of drug-likeness (QED) is 0.128. The van der Waals surface area contributed by atoms with Gasteiger partial charge in [-0.25, -0.2) is 0 Å². The molecule has 2 aliphatic heterocycles. The summed E-state index contributed by atoms with van der Waals surface area (Å²) in [5.74, 6) is 1.03. The van der Waals surface area contributed by atoms with Gasteiger partial charge in [-0.1, -0.05) is 119 Å². The number of aryl methyl sites for hydroxylation is 1. The van der Waals surface area contributed by atoms with Crippen LogP contribution in [0.5, 0.6) is 0 Å². The molecule has 0 N–H and O–H groups in total. The van der Waals surface area contributed by atoms with Crippen LogP contribution >= 0.6 is 0 Å². The van der Waals surface area contributed by atoms with E-state index < -0.39 is 0 Å². The van der Waals surface area contributed by atoms with Gasteiger partial charge in [0.05, 0.1) is 22.4 Å². The van der Waals surface area contributed by atoms with Crippen molar-refractivity contribution in [2.24, 2.45) is 5.92 Å². The molecule has 0 fully saturated rings. The summed E-state index contributed by atoms with van der Waals surface area (Å²) in [6.07, 6.45) is 4.74. The van der Waals surface area contributed by atoms with E-state index in [9.17, 15) is 0 Å². The number of benzene rings is 6. The Morgan fingerprint density at radius 3 is 2.05 bits per heavy atom. The Morgan fingerprint density at radius 1 is 0.600 bits per heavy atom. The molecule has 8 aromatic rings. The van der Waals surface area contributed by atoms with Gasteiger partial charge in [0.15, 0.2) is 0 Å².